The number of carboxylic acid groups (broad SMARTS) is 1. The lowest BCUT2D eigenvalue weighted by molar-refractivity contribution is -0.136. The van der Waals surface area contributed by atoms with E-state index in [0.29, 0.717) is 21.7 Å². The van der Waals surface area contributed by atoms with Crippen LogP contribution in [0.1, 0.15) is 11.4 Å². The topological polar surface area (TPSA) is 53.4 Å². The van der Waals surface area contributed by atoms with E-state index in [1.807, 2.05) is 29.2 Å². The fraction of sp³-hybridized carbons (Fsp3) is 0.167. The van der Waals surface area contributed by atoms with Crippen molar-refractivity contribution in [2.75, 3.05) is 4.90 Å². The number of aliphatic carboxylic acids is 1. The van der Waals surface area contributed by atoms with Crippen LogP contribution in [0.5, 0.6) is 0 Å². The molecule has 1 aromatic heterocycles. The largest absolute Gasteiger partial charge is 0.481 e. The molecule has 4 rings (SSSR count). The summed E-state index contributed by atoms with van der Waals surface area (Å²) >= 11 is 8.37. The number of nitrogens with zero attached hydrogens (tertiary/aromatic N) is 2. The zero-order valence-electron chi connectivity index (χ0n) is 13.4. The highest BCUT2D eigenvalue weighted by Crippen LogP contribution is 2.42. The summed E-state index contributed by atoms with van der Waals surface area (Å²) in [7, 11) is 0. The fourth-order valence-electron chi connectivity index (χ4n) is 2.89. The third kappa shape index (κ3) is 3.20. The molecule has 1 N–H and O–H groups in total. The van der Waals surface area contributed by atoms with E-state index in [0.717, 1.165) is 15.6 Å². The molecule has 8 heteroatoms. The summed E-state index contributed by atoms with van der Waals surface area (Å²) in [5.41, 5.74) is 1.56. The van der Waals surface area contributed by atoms with E-state index < -0.39 is 5.97 Å². The molecule has 1 aliphatic heterocycles. The van der Waals surface area contributed by atoms with Gasteiger partial charge in [-0.1, -0.05) is 30.4 Å². The van der Waals surface area contributed by atoms with E-state index in [4.69, 9.17) is 12.2 Å². The molecule has 1 aliphatic rings. The monoisotopic (exact) mass is 404 g/mol. The van der Waals surface area contributed by atoms with Gasteiger partial charge in [-0.3, -0.25) is 4.79 Å². The number of thiocarbonyl (C=S) groups is 1. The maximum Gasteiger partial charge on any atom is 0.304 e. The third-order valence-electron chi connectivity index (χ3n) is 4.03. The van der Waals surface area contributed by atoms with Crippen LogP contribution in [0.3, 0.4) is 0 Å². The van der Waals surface area contributed by atoms with Gasteiger partial charge in [0, 0.05) is 4.90 Å². The smallest absolute Gasteiger partial charge is 0.304 e. The van der Waals surface area contributed by atoms with Crippen LogP contribution in [0.15, 0.2) is 47.4 Å². The molecule has 3 aromatic rings. The molecule has 0 radical (unpaired) electrons. The summed E-state index contributed by atoms with van der Waals surface area (Å²) in [6.45, 7) is 0.394. The number of thioether (sulfide) groups is 1. The first-order valence-electron chi connectivity index (χ1n) is 7.85. The van der Waals surface area contributed by atoms with Gasteiger partial charge in [-0.05, 0) is 24.3 Å². The minimum absolute atomic E-state index is 0.0389. The van der Waals surface area contributed by atoms with E-state index in [1.165, 1.54) is 29.2 Å². The predicted octanol–water partition coefficient (Wildman–Crippen LogP) is 4.72. The van der Waals surface area contributed by atoms with Crippen LogP contribution in [0.25, 0.3) is 10.2 Å². The Morgan fingerprint density at radius 2 is 2.08 bits per heavy atom. The fourth-order valence-corrected chi connectivity index (χ4v) is 5.46. The van der Waals surface area contributed by atoms with Gasteiger partial charge >= 0.3 is 5.97 Å². The Morgan fingerprint density at radius 3 is 2.85 bits per heavy atom. The molecule has 0 bridgehead atoms. The first-order chi connectivity index (χ1) is 12.5. The molecule has 1 unspecified atom stereocenters. The van der Waals surface area contributed by atoms with Crippen molar-refractivity contribution in [2.24, 2.45) is 0 Å². The summed E-state index contributed by atoms with van der Waals surface area (Å²) in [6.07, 6.45) is -0.0389. The average molecular weight is 405 g/mol. The number of carbonyl (C=O) groups is 1. The van der Waals surface area contributed by atoms with Crippen LogP contribution in [-0.4, -0.2) is 26.3 Å². The quantitative estimate of drug-likeness (QED) is 0.635. The van der Waals surface area contributed by atoms with Crippen molar-refractivity contribution in [1.82, 2.24) is 4.98 Å². The van der Waals surface area contributed by atoms with Crippen LogP contribution in [0.2, 0.25) is 0 Å². The number of halogens is 1. The standard InChI is InChI=1S/C18H13FN2O2S3/c19-10-4-3-5-11-17(10)26-15(20-11)9-21-12-6-1-2-7-13(12)25-14(18(21)24)8-16(22)23/h1-7,14H,8-9H2,(H,22,23). The Hall–Kier alpha value is -2.03. The number of anilines is 1. The number of rotatable bonds is 4. The van der Waals surface area contributed by atoms with E-state index in [2.05, 4.69) is 4.98 Å². The van der Waals surface area contributed by atoms with E-state index in [9.17, 15) is 14.3 Å². The van der Waals surface area contributed by atoms with E-state index in [-0.39, 0.29) is 17.5 Å². The lowest BCUT2D eigenvalue weighted by atomic mass is 10.2. The number of fused-ring (bicyclic) bond motifs is 2. The van der Waals surface area contributed by atoms with Crippen LogP contribution in [0.4, 0.5) is 10.1 Å². The predicted molar refractivity (Wildman–Crippen MR) is 107 cm³/mol. The average Bonchev–Trinajstić information content (AvgIpc) is 3.02. The van der Waals surface area contributed by atoms with Gasteiger partial charge in [0.1, 0.15) is 10.8 Å². The summed E-state index contributed by atoms with van der Waals surface area (Å²) in [5, 5.41) is 9.61. The molecule has 26 heavy (non-hydrogen) atoms. The van der Waals surface area contributed by atoms with Gasteiger partial charge in [0.25, 0.3) is 0 Å². The van der Waals surface area contributed by atoms with Crippen molar-refractivity contribution in [2.45, 2.75) is 23.1 Å². The second kappa shape index (κ2) is 6.94. The molecule has 2 aromatic carbocycles. The van der Waals surface area contributed by atoms with Crippen LogP contribution >= 0.6 is 35.3 Å². The SMILES string of the molecule is O=C(O)CC1Sc2ccccc2N(Cc2nc3cccc(F)c3s2)C1=S. The number of benzene rings is 2. The zero-order chi connectivity index (χ0) is 18.3. The number of para-hydroxylation sites is 1. The minimum atomic E-state index is -0.883. The maximum atomic E-state index is 14.0. The normalized spacial score (nSPS) is 16.7. The number of thiazole rings is 1. The van der Waals surface area contributed by atoms with Crippen molar-refractivity contribution in [3.05, 3.63) is 53.3 Å². The van der Waals surface area contributed by atoms with Crippen molar-refractivity contribution in [1.29, 1.82) is 0 Å². The first kappa shape index (κ1) is 17.4. The van der Waals surface area contributed by atoms with Gasteiger partial charge < -0.3 is 10.0 Å². The molecular formula is C18H13FN2O2S3. The van der Waals surface area contributed by atoms with Crippen LogP contribution in [0, 0.1) is 5.82 Å². The van der Waals surface area contributed by atoms with Gasteiger partial charge in [-0.15, -0.1) is 23.1 Å². The first-order valence-corrected chi connectivity index (χ1v) is 9.96. The van der Waals surface area contributed by atoms with Crippen molar-refractivity contribution in [3.63, 3.8) is 0 Å². The zero-order valence-corrected chi connectivity index (χ0v) is 15.8. The van der Waals surface area contributed by atoms with Crippen LogP contribution in [-0.2, 0) is 11.3 Å². The summed E-state index contributed by atoms with van der Waals surface area (Å²) in [4.78, 5) is 19.2. The highest BCUT2D eigenvalue weighted by atomic mass is 32.2. The van der Waals surface area contributed by atoms with Crippen molar-refractivity contribution >= 4 is 62.2 Å². The Balaban J connectivity index is 1.71. The summed E-state index contributed by atoms with van der Waals surface area (Å²) in [6, 6.07) is 12.6. The molecule has 4 nitrogen and oxygen atoms in total. The van der Waals surface area contributed by atoms with Gasteiger partial charge in [0.05, 0.1) is 39.1 Å². The molecule has 0 spiro atoms. The van der Waals surface area contributed by atoms with Gasteiger partial charge in [0.15, 0.2) is 0 Å². The van der Waals surface area contributed by atoms with E-state index in [1.54, 1.807) is 12.1 Å². The maximum absolute atomic E-state index is 14.0. The van der Waals surface area contributed by atoms with Crippen LogP contribution < -0.4 is 4.90 Å². The van der Waals surface area contributed by atoms with Gasteiger partial charge in [-0.2, -0.15) is 0 Å². The lowest BCUT2D eigenvalue weighted by Gasteiger charge is -2.35. The Labute approximate surface area is 162 Å². The third-order valence-corrected chi connectivity index (χ3v) is 7.02. The summed E-state index contributed by atoms with van der Waals surface area (Å²) in [5.74, 6) is -1.17. The Morgan fingerprint density at radius 1 is 1.27 bits per heavy atom. The molecule has 0 fully saturated rings. The van der Waals surface area contributed by atoms with E-state index >= 15 is 0 Å². The Bertz CT molecular complexity index is 1020. The second-order valence-electron chi connectivity index (χ2n) is 5.79. The molecule has 0 aliphatic carbocycles. The number of aromatic nitrogens is 1. The van der Waals surface area contributed by atoms with Gasteiger partial charge in [0.2, 0.25) is 0 Å². The number of carboxylic acids is 1. The molecule has 0 saturated carbocycles. The molecule has 132 valence electrons. The molecule has 0 amide bonds. The lowest BCUT2D eigenvalue weighted by Crippen LogP contribution is -2.40. The minimum Gasteiger partial charge on any atom is -0.481 e. The Kier molecular flexibility index (Phi) is 4.64. The highest BCUT2D eigenvalue weighted by Gasteiger charge is 2.32. The molecule has 1 atom stereocenters. The highest BCUT2D eigenvalue weighted by molar-refractivity contribution is 8.02. The van der Waals surface area contributed by atoms with Crippen molar-refractivity contribution < 1.29 is 14.3 Å². The summed E-state index contributed by atoms with van der Waals surface area (Å²) < 4.78 is 14.5. The van der Waals surface area contributed by atoms with Crippen molar-refractivity contribution in [3.8, 4) is 0 Å². The van der Waals surface area contributed by atoms with Gasteiger partial charge in [-0.25, -0.2) is 9.37 Å². The number of hydrogen-bond donors (Lipinski definition) is 1. The molecular weight excluding hydrogens is 391 g/mol. The number of hydrogen-bond acceptors (Lipinski definition) is 5. The molecule has 2 heterocycles. The molecule has 0 saturated heterocycles. The second-order valence-corrected chi connectivity index (χ2v) is 8.54.